The second kappa shape index (κ2) is 4.72. The molecule has 0 aliphatic heterocycles. The van der Waals surface area contributed by atoms with Gasteiger partial charge in [0.05, 0.1) is 11.3 Å². The predicted octanol–water partition coefficient (Wildman–Crippen LogP) is 2.87. The number of aldehydes is 1. The van der Waals surface area contributed by atoms with E-state index in [0.717, 1.165) is 12.1 Å². The number of hydrogen-bond acceptors (Lipinski definition) is 2. The van der Waals surface area contributed by atoms with Crippen LogP contribution in [0.3, 0.4) is 0 Å². The number of benzene rings is 1. The molecular weight excluding hydrogens is 259 g/mol. The molecule has 0 saturated carbocycles. The fourth-order valence-electron chi connectivity index (χ4n) is 1.62. The van der Waals surface area contributed by atoms with Crippen molar-refractivity contribution in [1.82, 2.24) is 4.98 Å². The Morgan fingerprint density at radius 2 is 1.63 bits per heavy atom. The van der Waals surface area contributed by atoms with Crippen LogP contribution in [0.5, 0.6) is 0 Å². The topological polar surface area (TPSA) is 49.9 Å². The van der Waals surface area contributed by atoms with Gasteiger partial charge in [-0.1, -0.05) is 12.1 Å². The summed E-state index contributed by atoms with van der Waals surface area (Å²) >= 11 is 0. The summed E-state index contributed by atoms with van der Waals surface area (Å²) in [5.74, 6) is 0. The average molecular weight is 267 g/mol. The van der Waals surface area contributed by atoms with E-state index in [-0.39, 0.29) is 11.3 Å². The Bertz CT molecular complexity index is 657. The molecule has 0 bridgehead atoms. The third kappa shape index (κ3) is 2.73. The number of pyridine rings is 1. The smallest absolute Gasteiger partial charge is 0.319 e. The zero-order valence-electron chi connectivity index (χ0n) is 9.49. The molecule has 0 fully saturated rings. The standard InChI is InChI=1S/C13H8F3NO2/c14-13(15,16)9-3-1-8(2-4-9)11-6-5-10(7-18)17-12(11)19/h1-7H,(H,17,19). The highest BCUT2D eigenvalue weighted by Gasteiger charge is 2.30. The van der Waals surface area contributed by atoms with Crippen LogP contribution in [0.15, 0.2) is 41.2 Å². The van der Waals surface area contributed by atoms with Gasteiger partial charge in [-0.05, 0) is 29.8 Å². The fraction of sp³-hybridized carbons (Fsp3) is 0.0769. The van der Waals surface area contributed by atoms with Crippen LogP contribution >= 0.6 is 0 Å². The third-order valence-corrected chi connectivity index (χ3v) is 2.58. The minimum atomic E-state index is -4.41. The van der Waals surface area contributed by atoms with Gasteiger partial charge in [-0.3, -0.25) is 9.59 Å². The van der Waals surface area contributed by atoms with E-state index in [1.54, 1.807) is 0 Å². The summed E-state index contributed by atoms with van der Waals surface area (Å²) in [5.41, 5.74) is -0.631. The number of carbonyl (C=O) groups excluding carboxylic acids is 1. The van der Waals surface area contributed by atoms with E-state index in [0.29, 0.717) is 11.8 Å². The molecule has 1 aromatic heterocycles. The van der Waals surface area contributed by atoms with Crippen LogP contribution in [0.1, 0.15) is 16.1 Å². The quantitative estimate of drug-likeness (QED) is 0.850. The summed E-state index contributed by atoms with van der Waals surface area (Å²) in [6.07, 6.45) is -3.93. The number of rotatable bonds is 2. The second-order valence-electron chi connectivity index (χ2n) is 3.85. The number of carbonyl (C=O) groups is 1. The molecule has 0 spiro atoms. The monoisotopic (exact) mass is 267 g/mol. The van der Waals surface area contributed by atoms with Gasteiger partial charge < -0.3 is 4.98 Å². The zero-order chi connectivity index (χ0) is 14.0. The first-order valence-corrected chi connectivity index (χ1v) is 5.28. The lowest BCUT2D eigenvalue weighted by Crippen LogP contribution is -2.11. The number of aromatic nitrogens is 1. The van der Waals surface area contributed by atoms with Crippen molar-refractivity contribution < 1.29 is 18.0 Å². The highest BCUT2D eigenvalue weighted by molar-refractivity contribution is 5.73. The van der Waals surface area contributed by atoms with Crippen LogP contribution in [-0.2, 0) is 6.18 Å². The maximum atomic E-state index is 12.4. The molecule has 1 heterocycles. The zero-order valence-corrected chi connectivity index (χ0v) is 9.49. The van der Waals surface area contributed by atoms with E-state index in [2.05, 4.69) is 4.98 Å². The average Bonchev–Trinajstić information content (AvgIpc) is 2.37. The van der Waals surface area contributed by atoms with Crippen molar-refractivity contribution in [2.45, 2.75) is 6.18 Å². The summed E-state index contributed by atoms with van der Waals surface area (Å²) in [7, 11) is 0. The summed E-state index contributed by atoms with van der Waals surface area (Å²) in [6, 6.07) is 7.03. The Labute approximate surface area is 105 Å². The summed E-state index contributed by atoms with van der Waals surface area (Å²) < 4.78 is 37.2. The van der Waals surface area contributed by atoms with Crippen LogP contribution in [-0.4, -0.2) is 11.3 Å². The first kappa shape index (κ1) is 13.1. The maximum Gasteiger partial charge on any atom is 0.416 e. The highest BCUT2D eigenvalue weighted by atomic mass is 19.4. The van der Waals surface area contributed by atoms with E-state index in [1.807, 2.05) is 0 Å². The molecule has 0 aliphatic carbocycles. The summed E-state index contributed by atoms with van der Waals surface area (Å²) in [5, 5.41) is 0. The van der Waals surface area contributed by atoms with Gasteiger partial charge in [-0.2, -0.15) is 13.2 Å². The molecule has 0 saturated heterocycles. The van der Waals surface area contributed by atoms with Gasteiger partial charge in [0.2, 0.25) is 0 Å². The summed E-state index contributed by atoms with van der Waals surface area (Å²) in [4.78, 5) is 24.4. The van der Waals surface area contributed by atoms with Crippen LogP contribution in [0.4, 0.5) is 13.2 Å². The molecule has 1 N–H and O–H groups in total. The van der Waals surface area contributed by atoms with E-state index >= 15 is 0 Å². The van der Waals surface area contributed by atoms with Crippen molar-refractivity contribution in [2.24, 2.45) is 0 Å². The molecule has 0 atom stereocenters. The normalized spacial score (nSPS) is 11.3. The van der Waals surface area contributed by atoms with Gasteiger partial charge in [-0.15, -0.1) is 0 Å². The SMILES string of the molecule is O=Cc1ccc(-c2ccc(C(F)(F)F)cc2)c(=O)[nH]1. The number of halogens is 3. The van der Waals surface area contributed by atoms with Crippen molar-refractivity contribution in [1.29, 1.82) is 0 Å². The van der Waals surface area contributed by atoms with Crippen molar-refractivity contribution in [3.63, 3.8) is 0 Å². The molecule has 3 nitrogen and oxygen atoms in total. The van der Waals surface area contributed by atoms with Gasteiger partial charge in [0.1, 0.15) is 0 Å². The van der Waals surface area contributed by atoms with E-state index < -0.39 is 17.3 Å². The lowest BCUT2D eigenvalue weighted by Gasteiger charge is -2.07. The molecule has 0 unspecified atom stereocenters. The van der Waals surface area contributed by atoms with Gasteiger partial charge in [0.25, 0.3) is 5.56 Å². The number of aromatic amines is 1. The first-order chi connectivity index (χ1) is 8.91. The van der Waals surface area contributed by atoms with E-state index in [1.165, 1.54) is 24.3 Å². The molecule has 0 amide bonds. The largest absolute Gasteiger partial charge is 0.416 e. The Balaban J connectivity index is 2.43. The van der Waals surface area contributed by atoms with Gasteiger partial charge in [-0.25, -0.2) is 0 Å². The molecule has 2 aromatic rings. The first-order valence-electron chi connectivity index (χ1n) is 5.28. The van der Waals surface area contributed by atoms with Crippen LogP contribution < -0.4 is 5.56 Å². The highest BCUT2D eigenvalue weighted by Crippen LogP contribution is 2.30. The molecule has 19 heavy (non-hydrogen) atoms. The minimum Gasteiger partial charge on any atom is -0.319 e. The number of nitrogens with one attached hydrogen (secondary N) is 1. The lowest BCUT2D eigenvalue weighted by atomic mass is 10.0. The predicted molar refractivity (Wildman–Crippen MR) is 62.9 cm³/mol. The second-order valence-corrected chi connectivity index (χ2v) is 3.85. The lowest BCUT2D eigenvalue weighted by molar-refractivity contribution is -0.137. The Morgan fingerprint density at radius 3 is 2.11 bits per heavy atom. The van der Waals surface area contributed by atoms with Crippen molar-refractivity contribution in [3.8, 4) is 11.1 Å². The Hall–Kier alpha value is -2.37. The van der Waals surface area contributed by atoms with Crippen molar-refractivity contribution >= 4 is 6.29 Å². The van der Waals surface area contributed by atoms with Crippen LogP contribution in [0.25, 0.3) is 11.1 Å². The van der Waals surface area contributed by atoms with Gasteiger partial charge >= 0.3 is 6.18 Å². The maximum absolute atomic E-state index is 12.4. The molecule has 6 heteroatoms. The van der Waals surface area contributed by atoms with Crippen molar-refractivity contribution in [2.75, 3.05) is 0 Å². The van der Waals surface area contributed by atoms with E-state index in [4.69, 9.17) is 0 Å². The number of H-pyrrole nitrogens is 1. The molecule has 0 radical (unpaired) electrons. The molecule has 98 valence electrons. The molecule has 2 rings (SSSR count). The minimum absolute atomic E-state index is 0.112. The third-order valence-electron chi connectivity index (χ3n) is 2.58. The van der Waals surface area contributed by atoms with Gasteiger partial charge in [0.15, 0.2) is 6.29 Å². The van der Waals surface area contributed by atoms with Gasteiger partial charge in [0, 0.05) is 5.56 Å². The van der Waals surface area contributed by atoms with E-state index in [9.17, 15) is 22.8 Å². The Kier molecular flexibility index (Phi) is 3.25. The number of hydrogen-bond donors (Lipinski definition) is 1. The van der Waals surface area contributed by atoms with Crippen LogP contribution in [0.2, 0.25) is 0 Å². The van der Waals surface area contributed by atoms with Crippen LogP contribution in [0, 0.1) is 0 Å². The molecular formula is C13H8F3NO2. The van der Waals surface area contributed by atoms with Crippen molar-refractivity contribution in [3.05, 3.63) is 58.0 Å². The summed E-state index contributed by atoms with van der Waals surface area (Å²) in [6.45, 7) is 0. The number of alkyl halides is 3. The molecule has 1 aromatic carbocycles. The molecule has 0 aliphatic rings. The fourth-order valence-corrected chi connectivity index (χ4v) is 1.62. The Morgan fingerprint density at radius 1 is 1.00 bits per heavy atom.